The van der Waals surface area contributed by atoms with Crippen molar-refractivity contribution in [2.45, 2.75) is 45.1 Å². The van der Waals surface area contributed by atoms with Gasteiger partial charge in [0.2, 0.25) is 5.91 Å². The lowest BCUT2D eigenvalue weighted by atomic mass is 9.96. The lowest BCUT2D eigenvalue weighted by Crippen LogP contribution is -2.43. The molecule has 0 bridgehead atoms. The number of nitrogens with zero attached hydrogens (tertiary/aromatic N) is 2. The number of hydrogen-bond acceptors (Lipinski definition) is 4. The number of likely N-dealkylation sites (tertiary alicyclic amines) is 1. The highest BCUT2D eigenvalue weighted by molar-refractivity contribution is 6.01. The molecule has 0 spiro atoms. The van der Waals surface area contributed by atoms with Crippen molar-refractivity contribution < 1.29 is 14.0 Å². The molecular formula is C21H24N4O3. The number of imidazole rings is 1. The van der Waals surface area contributed by atoms with Gasteiger partial charge in [-0.05, 0) is 43.2 Å². The van der Waals surface area contributed by atoms with Crippen LogP contribution in [0.3, 0.4) is 0 Å². The lowest BCUT2D eigenvalue weighted by molar-refractivity contribution is -0.119. The number of fused-ring (bicyclic) bond motifs is 1. The van der Waals surface area contributed by atoms with Crippen LogP contribution < -0.4 is 5.32 Å². The van der Waals surface area contributed by atoms with Crippen molar-refractivity contribution in [3.63, 3.8) is 0 Å². The molecule has 28 heavy (non-hydrogen) atoms. The number of benzene rings is 1. The third-order valence-electron chi connectivity index (χ3n) is 5.01. The molecule has 0 unspecified atom stereocenters. The summed E-state index contributed by atoms with van der Waals surface area (Å²) in [4.78, 5) is 34.9. The highest BCUT2D eigenvalue weighted by atomic mass is 16.3. The van der Waals surface area contributed by atoms with Gasteiger partial charge in [0.25, 0.3) is 5.91 Å². The Morgan fingerprint density at radius 1 is 1.29 bits per heavy atom. The van der Waals surface area contributed by atoms with Crippen LogP contribution in [-0.2, 0) is 10.2 Å². The number of anilines is 1. The summed E-state index contributed by atoms with van der Waals surface area (Å²) in [5, 5.41) is 2.94. The Bertz CT molecular complexity index is 1010. The van der Waals surface area contributed by atoms with Crippen LogP contribution >= 0.6 is 0 Å². The molecule has 4 rings (SSSR count). The van der Waals surface area contributed by atoms with Crippen LogP contribution in [0.15, 0.2) is 41.0 Å². The fourth-order valence-corrected chi connectivity index (χ4v) is 3.49. The summed E-state index contributed by atoms with van der Waals surface area (Å²) in [5.74, 6) is 0.721. The molecular weight excluding hydrogens is 356 g/mol. The molecule has 1 aliphatic heterocycles. The van der Waals surface area contributed by atoms with Crippen LogP contribution in [-0.4, -0.2) is 39.3 Å². The van der Waals surface area contributed by atoms with Gasteiger partial charge in [-0.1, -0.05) is 20.8 Å². The summed E-state index contributed by atoms with van der Waals surface area (Å²) in [5.41, 5.74) is 2.33. The zero-order chi connectivity index (χ0) is 19.9. The second-order valence-electron chi connectivity index (χ2n) is 8.19. The summed E-state index contributed by atoms with van der Waals surface area (Å²) >= 11 is 0. The molecule has 2 aromatic heterocycles. The topological polar surface area (TPSA) is 91.2 Å². The smallest absolute Gasteiger partial charge is 0.290 e. The van der Waals surface area contributed by atoms with Gasteiger partial charge in [0, 0.05) is 17.6 Å². The summed E-state index contributed by atoms with van der Waals surface area (Å²) < 4.78 is 5.20. The van der Waals surface area contributed by atoms with E-state index in [1.54, 1.807) is 17.0 Å². The molecule has 2 amide bonds. The Balaban J connectivity index is 1.52. The standard InChI is InChI=1S/C21H24N4O3/c1-21(2,3)20-23-14-9-8-13(12-15(14)24-20)22-18(26)16-6-4-10-25(16)19(27)17-7-5-11-28-17/h5,7-9,11-12,16H,4,6,10H2,1-3H3,(H,22,26)(H,23,24)/t16-/m1/s1. The Morgan fingerprint density at radius 2 is 2.11 bits per heavy atom. The van der Waals surface area contributed by atoms with Gasteiger partial charge < -0.3 is 19.6 Å². The van der Waals surface area contributed by atoms with E-state index in [4.69, 9.17) is 4.42 Å². The predicted molar refractivity (Wildman–Crippen MR) is 106 cm³/mol. The van der Waals surface area contributed by atoms with Gasteiger partial charge in [0.15, 0.2) is 5.76 Å². The van der Waals surface area contributed by atoms with E-state index in [1.807, 2.05) is 18.2 Å². The van der Waals surface area contributed by atoms with Crippen LogP contribution in [0.4, 0.5) is 5.69 Å². The molecule has 0 aliphatic carbocycles. The summed E-state index contributed by atoms with van der Waals surface area (Å²) in [6.07, 6.45) is 2.89. The van der Waals surface area contributed by atoms with Crippen LogP contribution in [0.25, 0.3) is 11.0 Å². The number of nitrogens with one attached hydrogen (secondary N) is 2. The molecule has 1 fully saturated rings. The van der Waals surface area contributed by atoms with E-state index in [9.17, 15) is 9.59 Å². The first-order valence-electron chi connectivity index (χ1n) is 9.48. The van der Waals surface area contributed by atoms with Gasteiger partial charge in [0.05, 0.1) is 17.3 Å². The van der Waals surface area contributed by atoms with Crippen molar-refractivity contribution in [3.05, 3.63) is 48.2 Å². The van der Waals surface area contributed by atoms with E-state index in [0.29, 0.717) is 18.7 Å². The highest BCUT2D eigenvalue weighted by Crippen LogP contribution is 2.26. The number of aromatic amines is 1. The number of carbonyl (C=O) groups excluding carboxylic acids is 2. The third-order valence-corrected chi connectivity index (χ3v) is 5.01. The molecule has 3 aromatic rings. The first kappa shape index (κ1) is 18.3. The molecule has 7 heteroatoms. The fourth-order valence-electron chi connectivity index (χ4n) is 3.49. The molecule has 1 aromatic carbocycles. The van der Waals surface area contributed by atoms with Gasteiger partial charge in [0.1, 0.15) is 11.9 Å². The first-order chi connectivity index (χ1) is 13.3. The Kier molecular flexibility index (Phi) is 4.45. The van der Waals surface area contributed by atoms with E-state index in [1.165, 1.54) is 6.26 Å². The maximum atomic E-state index is 12.8. The van der Waals surface area contributed by atoms with Crippen molar-refractivity contribution in [2.75, 3.05) is 11.9 Å². The molecule has 7 nitrogen and oxygen atoms in total. The molecule has 2 N–H and O–H groups in total. The summed E-state index contributed by atoms with van der Waals surface area (Å²) in [6.45, 7) is 6.83. The van der Waals surface area contributed by atoms with E-state index >= 15 is 0 Å². The first-order valence-corrected chi connectivity index (χ1v) is 9.48. The molecule has 1 aliphatic rings. The van der Waals surface area contributed by atoms with Crippen LogP contribution in [0.1, 0.15) is 50.0 Å². The quantitative estimate of drug-likeness (QED) is 0.725. The molecule has 146 valence electrons. The monoisotopic (exact) mass is 380 g/mol. The number of amides is 2. The SMILES string of the molecule is CC(C)(C)c1nc2ccc(NC(=O)[C@H]3CCCN3C(=O)c3ccco3)cc2[nH]1. The van der Waals surface area contributed by atoms with Gasteiger partial charge >= 0.3 is 0 Å². The third kappa shape index (κ3) is 3.40. The van der Waals surface area contributed by atoms with E-state index in [2.05, 4.69) is 36.1 Å². The van der Waals surface area contributed by atoms with Crippen molar-refractivity contribution in [1.82, 2.24) is 14.9 Å². The van der Waals surface area contributed by atoms with Gasteiger partial charge in [-0.2, -0.15) is 0 Å². The zero-order valence-corrected chi connectivity index (χ0v) is 16.3. The van der Waals surface area contributed by atoms with Gasteiger partial charge in [-0.15, -0.1) is 0 Å². The number of furan rings is 1. The van der Waals surface area contributed by atoms with E-state index < -0.39 is 6.04 Å². The van der Waals surface area contributed by atoms with Crippen molar-refractivity contribution >= 4 is 28.5 Å². The lowest BCUT2D eigenvalue weighted by Gasteiger charge is -2.23. The summed E-state index contributed by atoms with van der Waals surface area (Å²) in [6, 6.07) is 8.39. The average molecular weight is 380 g/mol. The normalized spacial score (nSPS) is 17.2. The largest absolute Gasteiger partial charge is 0.459 e. The fraction of sp³-hybridized carbons (Fsp3) is 0.381. The molecule has 1 atom stereocenters. The molecule has 0 radical (unpaired) electrons. The molecule has 3 heterocycles. The second kappa shape index (κ2) is 6.82. The minimum absolute atomic E-state index is 0.0843. The maximum absolute atomic E-state index is 12.8. The molecule has 0 saturated carbocycles. The Hall–Kier alpha value is -3.09. The van der Waals surface area contributed by atoms with Crippen molar-refractivity contribution in [1.29, 1.82) is 0 Å². The highest BCUT2D eigenvalue weighted by Gasteiger charge is 2.35. The van der Waals surface area contributed by atoms with Gasteiger partial charge in [-0.3, -0.25) is 9.59 Å². The van der Waals surface area contributed by atoms with Crippen LogP contribution in [0.5, 0.6) is 0 Å². The molecule has 1 saturated heterocycles. The van der Waals surface area contributed by atoms with Crippen molar-refractivity contribution in [2.24, 2.45) is 0 Å². The van der Waals surface area contributed by atoms with Crippen molar-refractivity contribution in [3.8, 4) is 0 Å². The number of aromatic nitrogens is 2. The van der Waals surface area contributed by atoms with E-state index in [-0.39, 0.29) is 23.0 Å². The number of H-pyrrole nitrogens is 1. The predicted octanol–water partition coefficient (Wildman–Crippen LogP) is 3.70. The number of rotatable bonds is 3. The van der Waals surface area contributed by atoms with Gasteiger partial charge in [-0.25, -0.2) is 4.98 Å². The maximum Gasteiger partial charge on any atom is 0.290 e. The summed E-state index contributed by atoms with van der Waals surface area (Å²) in [7, 11) is 0. The Labute approximate surface area is 163 Å². The van der Waals surface area contributed by atoms with Crippen LogP contribution in [0, 0.1) is 0 Å². The van der Waals surface area contributed by atoms with Crippen LogP contribution in [0.2, 0.25) is 0 Å². The zero-order valence-electron chi connectivity index (χ0n) is 16.3. The second-order valence-corrected chi connectivity index (χ2v) is 8.19. The Morgan fingerprint density at radius 3 is 2.82 bits per heavy atom. The van der Waals surface area contributed by atoms with E-state index in [0.717, 1.165) is 23.3 Å². The minimum atomic E-state index is -0.500. The number of hydrogen-bond donors (Lipinski definition) is 2. The average Bonchev–Trinajstić information content (AvgIpc) is 3.38. The minimum Gasteiger partial charge on any atom is -0.459 e. The number of carbonyl (C=O) groups is 2.